The van der Waals surface area contributed by atoms with Crippen LogP contribution in [0, 0.1) is 12.8 Å². The van der Waals surface area contributed by atoms with Crippen molar-refractivity contribution in [1.29, 1.82) is 0 Å². The number of hydrogen-bond acceptors (Lipinski definition) is 4. The summed E-state index contributed by atoms with van der Waals surface area (Å²) in [5.41, 5.74) is 4.31. The molecule has 0 bridgehead atoms. The van der Waals surface area contributed by atoms with E-state index in [2.05, 4.69) is 54.6 Å². The first-order valence-electron chi connectivity index (χ1n) is 10.3. The van der Waals surface area contributed by atoms with Crippen molar-refractivity contribution in [2.24, 2.45) is 5.92 Å². The first-order valence-corrected chi connectivity index (χ1v) is 11.1. The molecular weight excluding hydrogens is 460 g/mol. The van der Waals surface area contributed by atoms with Gasteiger partial charge in [-0.25, -0.2) is 4.79 Å². The summed E-state index contributed by atoms with van der Waals surface area (Å²) in [6, 6.07) is 12.1. The molecule has 1 saturated heterocycles. The van der Waals surface area contributed by atoms with Crippen LogP contribution in [-0.4, -0.2) is 30.9 Å². The molecule has 31 heavy (non-hydrogen) atoms. The van der Waals surface area contributed by atoms with Crippen molar-refractivity contribution in [2.75, 3.05) is 13.7 Å². The van der Waals surface area contributed by atoms with Gasteiger partial charge in [-0.15, -0.1) is 0 Å². The molecule has 1 fully saturated rings. The van der Waals surface area contributed by atoms with Gasteiger partial charge in [0.15, 0.2) is 18.1 Å². The Labute approximate surface area is 192 Å². The fourth-order valence-electron chi connectivity index (χ4n) is 4.38. The van der Waals surface area contributed by atoms with Gasteiger partial charge in [0, 0.05) is 21.9 Å². The summed E-state index contributed by atoms with van der Waals surface area (Å²) in [6.07, 6.45) is 0.501. The van der Waals surface area contributed by atoms with Gasteiger partial charge in [-0.3, -0.25) is 0 Å². The Bertz CT molecular complexity index is 970. The molecule has 0 saturated carbocycles. The van der Waals surface area contributed by atoms with E-state index in [1.165, 1.54) is 18.2 Å². The fourth-order valence-corrected chi connectivity index (χ4v) is 4.84. The summed E-state index contributed by atoms with van der Waals surface area (Å²) in [5.74, 6) is 0.0720. The minimum absolute atomic E-state index is 0.0343. The van der Waals surface area contributed by atoms with Crippen molar-refractivity contribution >= 4 is 21.9 Å². The highest BCUT2D eigenvalue weighted by atomic mass is 79.9. The van der Waals surface area contributed by atoms with Crippen molar-refractivity contribution < 1.29 is 24.1 Å². The van der Waals surface area contributed by atoms with E-state index in [4.69, 9.17) is 19.3 Å². The van der Waals surface area contributed by atoms with Crippen LogP contribution in [0.25, 0.3) is 0 Å². The van der Waals surface area contributed by atoms with Gasteiger partial charge in [-0.1, -0.05) is 52.3 Å². The van der Waals surface area contributed by atoms with E-state index in [0.717, 1.165) is 22.0 Å². The molecule has 166 valence electrons. The van der Waals surface area contributed by atoms with Gasteiger partial charge < -0.3 is 19.3 Å². The summed E-state index contributed by atoms with van der Waals surface area (Å²) < 4.78 is 18.6. The zero-order valence-corrected chi connectivity index (χ0v) is 19.9. The Balaban J connectivity index is 2.04. The van der Waals surface area contributed by atoms with Gasteiger partial charge in [-0.2, -0.15) is 0 Å². The number of halogens is 1. The zero-order chi connectivity index (χ0) is 22.7. The molecule has 4 atom stereocenters. The summed E-state index contributed by atoms with van der Waals surface area (Å²) in [5, 5.41) is 9.14. The molecular formula is C25H29BrO5. The maximum absolute atomic E-state index is 11.2. The highest BCUT2D eigenvalue weighted by Crippen LogP contribution is 2.50. The third-order valence-corrected chi connectivity index (χ3v) is 6.39. The first kappa shape index (κ1) is 23.4. The van der Waals surface area contributed by atoms with Crippen LogP contribution in [0.1, 0.15) is 49.0 Å². The van der Waals surface area contributed by atoms with Crippen LogP contribution >= 0.6 is 15.9 Å². The van der Waals surface area contributed by atoms with Gasteiger partial charge >= 0.3 is 5.97 Å². The second kappa shape index (κ2) is 9.88. The summed E-state index contributed by atoms with van der Waals surface area (Å²) in [6.45, 7) is 10.0. The lowest BCUT2D eigenvalue weighted by Crippen LogP contribution is -2.35. The van der Waals surface area contributed by atoms with Crippen molar-refractivity contribution in [3.05, 3.63) is 69.7 Å². The minimum Gasteiger partial charge on any atom is -0.493 e. The number of hydrogen-bond donors (Lipinski definition) is 1. The monoisotopic (exact) mass is 488 g/mol. The number of rotatable bonds is 7. The Kier molecular flexibility index (Phi) is 7.44. The third kappa shape index (κ3) is 5.13. The van der Waals surface area contributed by atoms with E-state index < -0.39 is 12.6 Å². The molecule has 0 aliphatic carbocycles. The highest BCUT2D eigenvalue weighted by Gasteiger charge is 2.40. The molecule has 0 spiro atoms. The van der Waals surface area contributed by atoms with Crippen LogP contribution in [0.15, 0.2) is 53.0 Å². The Morgan fingerprint density at radius 3 is 2.61 bits per heavy atom. The van der Waals surface area contributed by atoms with E-state index in [-0.39, 0.29) is 24.0 Å². The smallest absolute Gasteiger partial charge is 0.341 e. The van der Waals surface area contributed by atoms with Crippen molar-refractivity contribution in [3.63, 3.8) is 0 Å². The standard InChI is InChI=1S/C25H29BrO5/c1-14(2)19-12-20(18-9-7-6-8-15(18)3)16(4)31-24(19)21-10-17(26)11-22(29-5)25(21)30-13-23(27)28/h6-11,16,19-20,24H,1,12-13H2,2-5H3,(H,27,28)/t16-,19+,20-,24-/m0/s1. The Hall–Kier alpha value is -2.31. The topological polar surface area (TPSA) is 65.0 Å². The highest BCUT2D eigenvalue weighted by molar-refractivity contribution is 9.10. The van der Waals surface area contributed by atoms with Gasteiger partial charge in [0.2, 0.25) is 0 Å². The second-order valence-corrected chi connectivity index (χ2v) is 9.04. The Morgan fingerprint density at radius 2 is 2.00 bits per heavy atom. The molecule has 1 heterocycles. The molecule has 0 radical (unpaired) electrons. The number of aryl methyl sites for hydroxylation is 1. The molecule has 1 aliphatic rings. The largest absolute Gasteiger partial charge is 0.493 e. The van der Waals surface area contributed by atoms with Crippen molar-refractivity contribution in [3.8, 4) is 11.5 Å². The van der Waals surface area contributed by atoms with E-state index in [1.54, 1.807) is 6.07 Å². The van der Waals surface area contributed by atoms with Gasteiger partial charge in [0.1, 0.15) is 0 Å². The number of carbonyl (C=O) groups is 1. The molecule has 0 amide bonds. The quantitative estimate of drug-likeness (QED) is 0.480. The van der Waals surface area contributed by atoms with Crippen LogP contribution in [0.2, 0.25) is 0 Å². The zero-order valence-electron chi connectivity index (χ0n) is 18.4. The van der Waals surface area contributed by atoms with Gasteiger partial charge in [0.05, 0.1) is 19.3 Å². The SMILES string of the molecule is C=C(C)[C@H]1C[C@H](c2ccccc2C)[C@H](C)O[C@@H]1c1cc(Br)cc(OC)c1OCC(=O)O. The summed E-state index contributed by atoms with van der Waals surface area (Å²) in [4.78, 5) is 11.2. The van der Waals surface area contributed by atoms with Crippen LogP contribution < -0.4 is 9.47 Å². The predicted molar refractivity (Wildman–Crippen MR) is 124 cm³/mol. The fraction of sp³-hybridized carbons (Fsp3) is 0.400. The molecule has 0 unspecified atom stereocenters. The number of ether oxygens (including phenoxy) is 3. The molecule has 1 aliphatic heterocycles. The molecule has 2 aromatic rings. The van der Waals surface area contributed by atoms with Crippen molar-refractivity contribution in [1.82, 2.24) is 0 Å². The van der Waals surface area contributed by atoms with Gasteiger partial charge in [0.25, 0.3) is 0 Å². The van der Waals surface area contributed by atoms with E-state index in [1.807, 2.05) is 19.1 Å². The average Bonchev–Trinajstić information content (AvgIpc) is 2.72. The number of methoxy groups -OCH3 is 1. The van der Waals surface area contributed by atoms with Gasteiger partial charge in [-0.05, 0) is 50.5 Å². The number of carboxylic acids is 1. The van der Waals surface area contributed by atoms with Crippen molar-refractivity contribution in [2.45, 2.75) is 45.3 Å². The van der Waals surface area contributed by atoms with Crippen LogP contribution in [-0.2, 0) is 9.53 Å². The lowest BCUT2D eigenvalue weighted by molar-refractivity contribution is -0.139. The van der Waals surface area contributed by atoms with Crippen LogP contribution in [0.3, 0.4) is 0 Å². The summed E-state index contributed by atoms with van der Waals surface area (Å²) >= 11 is 3.53. The molecule has 2 aromatic carbocycles. The molecule has 0 aromatic heterocycles. The maximum Gasteiger partial charge on any atom is 0.341 e. The van der Waals surface area contributed by atoms with Crippen LogP contribution in [0.5, 0.6) is 11.5 Å². The average molecular weight is 489 g/mol. The third-order valence-electron chi connectivity index (χ3n) is 5.94. The first-order chi connectivity index (χ1) is 14.7. The molecule has 1 N–H and O–H groups in total. The normalized spacial score (nSPS) is 23.3. The Morgan fingerprint density at radius 1 is 1.29 bits per heavy atom. The summed E-state index contributed by atoms with van der Waals surface area (Å²) in [7, 11) is 1.54. The number of aliphatic carboxylic acids is 1. The second-order valence-electron chi connectivity index (χ2n) is 8.12. The van der Waals surface area contributed by atoms with E-state index >= 15 is 0 Å². The number of carboxylic acid groups (broad SMARTS) is 1. The van der Waals surface area contributed by atoms with Crippen LogP contribution in [0.4, 0.5) is 0 Å². The maximum atomic E-state index is 11.2. The molecule has 6 heteroatoms. The lowest BCUT2D eigenvalue weighted by atomic mass is 9.75. The lowest BCUT2D eigenvalue weighted by Gasteiger charge is -2.42. The number of benzene rings is 2. The minimum atomic E-state index is -1.05. The van der Waals surface area contributed by atoms with E-state index in [0.29, 0.717) is 11.5 Å². The molecule has 3 rings (SSSR count). The van der Waals surface area contributed by atoms with E-state index in [9.17, 15) is 4.79 Å². The predicted octanol–water partition coefficient (Wildman–Crippen LogP) is 6.06. The molecule has 5 nitrogen and oxygen atoms in total.